The summed E-state index contributed by atoms with van der Waals surface area (Å²) in [6.45, 7) is 10.1. The lowest BCUT2D eigenvalue weighted by atomic mass is 9.66. The summed E-state index contributed by atoms with van der Waals surface area (Å²) in [6, 6.07) is 0. The zero-order chi connectivity index (χ0) is 9.28. The minimum atomic E-state index is -0.382. The van der Waals surface area contributed by atoms with Crippen LogP contribution in [0.1, 0.15) is 41.0 Å². The molecule has 0 bridgehead atoms. The van der Waals surface area contributed by atoms with E-state index in [9.17, 15) is 4.79 Å². The van der Waals surface area contributed by atoms with E-state index in [2.05, 4.69) is 0 Å². The molecule has 0 rings (SSSR count). The van der Waals surface area contributed by atoms with Gasteiger partial charge in [0.05, 0.1) is 5.41 Å². The van der Waals surface area contributed by atoms with Crippen molar-refractivity contribution < 1.29 is 4.79 Å². The zero-order valence-corrected chi connectivity index (χ0v) is 8.19. The van der Waals surface area contributed by atoms with E-state index in [1.54, 1.807) is 0 Å². The van der Waals surface area contributed by atoms with Crippen LogP contribution in [0.25, 0.3) is 0 Å². The van der Waals surface area contributed by atoms with Gasteiger partial charge < -0.3 is 5.73 Å². The highest BCUT2D eigenvalue weighted by molar-refractivity contribution is 5.81. The summed E-state index contributed by atoms with van der Waals surface area (Å²) in [6.07, 6.45) is 0.797. The number of carbonyl (C=O) groups is 1. The SMILES string of the molecule is CCC(C)(C(N)=O)C(C)(C)C. The first-order chi connectivity index (χ1) is 4.75. The standard InChI is InChI=1S/C9H19NO/c1-6-9(5,7(10)11)8(2,3)4/h6H2,1-5H3,(H2,10,11). The Morgan fingerprint density at radius 1 is 1.27 bits per heavy atom. The normalized spacial score (nSPS) is 17.5. The minimum absolute atomic E-state index is 0.0480. The molecule has 0 heterocycles. The molecule has 2 heteroatoms. The van der Waals surface area contributed by atoms with E-state index < -0.39 is 0 Å². The third-order valence-corrected chi connectivity index (χ3v) is 2.91. The molecule has 11 heavy (non-hydrogen) atoms. The second-order valence-corrected chi connectivity index (χ2v) is 4.30. The van der Waals surface area contributed by atoms with Crippen LogP contribution in [0.5, 0.6) is 0 Å². The number of rotatable bonds is 2. The van der Waals surface area contributed by atoms with Crippen molar-refractivity contribution in [3.63, 3.8) is 0 Å². The molecule has 1 amide bonds. The molecule has 1 unspecified atom stereocenters. The average molecular weight is 157 g/mol. The Balaban J connectivity index is 4.75. The molecule has 0 saturated carbocycles. The minimum Gasteiger partial charge on any atom is -0.369 e. The number of primary amides is 1. The molecule has 0 aliphatic carbocycles. The van der Waals surface area contributed by atoms with Gasteiger partial charge in [0.2, 0.25) is 5.91 Å². The predicted molar refractivity (Wildman–Crippen MR) is 47.0 cm³/mol. The van der Waals surface area contributed by atoms with Gasteiger partial charge in [-0.15, -0.1) is 0 Å². The highest BCUT2D eigenvalue weighted by atomic mass is 16.1. The van der Waals surface area contributed by atoms with E-state index in [4.69, 9.17) is 5.73 Å². The van der Waals surface area contributed by atoms with Crippen molar-refractivity contribution in [2.45, 2.75) is 41.0 Å². The fraction of sp³-hybridized carbons (Fsp3) is 0.889. The average Bonchev–Trinajstić information content (AvgIpc) is 1.83. The lowest BCUT2D eigenvalue weighted by Crippen LogP contribution is -2.44. The van der Waals surface area contributed by atoms with Crippen LogP contribution in [0.4, 0.5) is 0 Å². The van der Waals surface area contributed by atoms with Gasteiger partial charge in [0.25, 0.3) is 0 Å². The maximum absolute atomic E-state index is 11.1. The maximum Gasteiger partial charge on any atom is 0.223 e. The second kappa shape index (κ2) is 2.84. The van der Waals surface area contributed by atoms with E-state index >= 15 is 0 Å². The van der Waals surface area contributed by atoms with E-state index in [1.165, 1.54) is 0 Å². The lowest BCUT2D eigenvalue weighted by molar-refractivity contribution is -0.132. The van der Waals surface area contributed by atoms with Gasteiger partial charge in [-0.2, -0.15) is 0 Å². The topological polar surface area (TPSA) is 43.1 Å². The third-order valence-electron chi connectivity index (χ3n) is 2.91. The molecule has 0 aliphatic rings. The van der Waals surface area contributed by atoms with Crippen molar-refractivity contribution in [2.24, 2.45) is 16.6 Å². The van der Waals surface area contributed by atoms with Crippen molar-refractivity contribution in [3.05, 3.63) is 0 Å². The van der Waals surface area contributed by atoms with Crippen LogP contribution in [0.2, 0.25) is 0 Å². The van der Waals surface area contributed by atoms with Crippen molar-refractivity contribution >= 4 is 5.91 Å². The van der Waals surface area contributed by atoms with Crippen molar-refractivity contribution in [3.8, 4) is 0 Å². The molecule has 0 radical (unpaired) electrons. The summed E-state index contributed by atoms with van der Waals surface area (Å²) in [7, 11) is 0. The van der Waals surface area contributed by atoms with Gasteiger partial charge in [0, 0.05) is 0 Å². The molecule has 2 N–H and O–H groups in total. The van der Waals surface area contributed by atoms with Gasteiger partial charge in [-0.1, -0.05) is 34.6 Å². The molecule has 0 saturated heterocycles. The molecule has 2 nitrogen and oxygen atoms in total. The zero-order valence-electron chi connectivity index (χ0n) is 8.19. The molecule has 0 fully saturated rings. The van der Waals surface area contributed by atoms with Crippen molar-refractivity contribution in [2.75, 3.05) is 0 Å². The van der Waals surface area contributed by atoms with E-state index in [0.29, 0.717) is 0 Å². The number of nitrogens with two attached hydrogens (primary N) is 1. The number of hydrogen-bond donors (Lipinski definition) is 1. The van der Waals surface area contributed by atoms with Crippen molar-refractivity contribution in [1.82, 2.24) is 0 Å². The molecule has 1 atom stereocenters. The van der Waals surface area contributed by atoms with E-state index in [0.717, 1.165) is 6.42 Å². The number of hydrogen-bond acceptors (Lipinski definition) is 1. The lowest BCUT2D eigenvalue weighted by Gasteiger charge is -2.38. The Hall–Kier alpha value is -0.530. The molecular weight excluding hydrogens is 138 g/mol. The Morgan fingerprint density at radius 3 is 1.64 bits per heavy atom. The fourth-order valence-corrected chi connectivity index (χ4v) is 1.07. The Bertz CT molecular complexity index is 157. The van der Waals surface area contributed by atoms with Crippen LogP contribution in [0.15, 0.2) is 0 Å². The first kappa shape index (κ1) is 10.5. The molecule has 0 aromatic carbocycles. The van der Waals surface area contributed by atoms with Gasteiger partial charge in [0.1, 0.15) is 0 Å². The highest BCUT2D eigenvalue weighted by Gasteiger charge is 2.40. The van der Waals surface area contributed by atoms with Crippen LogP contribution >= 0.6 is 0 Å². The Labute approximate surface area is 69.2 Å². The summed E-state index contributed by atoms with van der Waals surface area (Å²) in [4.78, 5) is 11.1. The molecule has 0 spiro atoms. The first-order valence-electron chi connectivity index (χ1n) is 4.05. The van der Waals surface area contributed by atoms with E-state index in [-0.39, 0.29) is 16.7 Å². The summed E-state index contributed by atoms with van der Waals surface area (Å²) in [5.74, 6) is -0.201. The molecule has 0 aliphatic heterocycles. The molecule has 66 valence electrons. The number of amides is 1. The Kier molecular flexibility index (Phi) is 2.70. The van der Waals surface area contributed by atoms with Crippen LogP contribution in [-0.2, 0) is 4.79 Å². The number of carbonyl (C=O) groups excluding carboxylic acids is 1. The van der Waals surface area contributed by atoms with Gasteiger partial charge >= 0.3 is 0 Å². The summed E-state index contributed by atoms with van der Waals surface area (Å²) in [5, 5.41) is 0. The fourth-order valence-electron chi connectivity index (χ4n) is 1.07. The summed E-state index contributed by atoms with van der Waals surface area (Å²) < 4.78 is 0. The van der Waals surface area contributed by atoms with Gasteiger partial charge in [-0.3, -0.25) is 4.79 Å². The molecule has 0 aromatic rings. The molecular formula is C9H19NO. The van der Waals surface area contributed by atoms with Gasteiger partial charge in [0.15, 0.2) is 0 Å². The highest BCUT2D eigenvalue weighted by Crippen LogP contribution is 2.40. The largest absolute Gasteiger partial charge is 0.369 e. The quantitative estimate of drug-likeness (QED) is 0.654. The van der Waals surface area contributed by atoms with Gasteiger partial charge in [-0.05, 0) is 11.8 Å². The maximum atomic E-state index is 11.1. The van der Waals surface area contributed by atoms with Crippen LogP contribution in [-0.4, -0.2) is 5.91 Å². The first-order valence-corrected chi connectivity index (χ1v) is 4.05. The van der Waals surface area contributed by atoms with Crippen molar-refractivity contribution in [1.29, 1.82) is 0 Å². The Morgan fingerprint density at radius 2 is 1.64 bits per heavy atom. The predicted octanol–water partition coefficient (Wildman–Crippen LogP) is 1.93. The van der Waals surface area contributed by atoms with Crippen LogP contribution in [0.3, 0.4) is 0 Å². The summed E-state index contributed by atoms with van der Waals surface area (Å²) >= 11 is 0. The van der Waals surface area contributed by atoms with Crippen LogP contribution < -0.4 is 5.73 Å². The van der Waals surface area contributed by atoms with Crippen LogP contribution in [0, 0.1) is 10.8 Å². The smallest absolute Gasteiger partial charge is 0.223 e. The molecule has 0 aromatic heterocycles. The third kappa shape index (κ3) is 1.73. The monoisotopic (exact) mass is 157 g/mol. The summed E-state index contributed by atoms with van der Waals surface area (Å²) in [5.41, 5.74) is 4.90. The van der Waals surface area contributed by atoms with Gasteiger partial charge in [-0.25, -0.2) is 0 Å². The van der Waals surface area contributed by atoms with E-state index in [1.807, 2.05) is 34.6 Å². The second-order valence-electron chi connectivity index (χ2n) is 4.30.